The smallest absolute Gasteiger partial charge is 0.0841 e. The van der Waals surface area contributed by atoms with Crippen LogP contribution in [-0.4, -0.2) is 18.3 Å². The molecule has 0 bridgehead atoms. The minimum atomic E-state index is -0.384. The Morgan fingerprint density at radius 2 is 2.07 bits per heavy atom. The van der Waals surface area contributed by atoms with Crippen molar-refractivity contribution in [3.8, 4) is 0 Å². The Bertz CT molecular complexity index is 291. The van der Waals surface area contributed by atoms with Crippen molar-refractivity contribution in [2.45, 2.75) is 12.5 Å². The normalized spacial score (nSPS) is 23.7. The van der Waals surface area contributed by atoms with Gasteiger partial charge in [0.15, 0.2) is 0 Å². The highest BCUT2D eigenvalue weighted by Crippen LogP contribution is 2.29. The largest absolute Gasteiger partial charge is 0.388 e. The van der Waals surface area contributed by atoms with E-state index in [1.165, 1.54) is 0 Å². The highest BCUT2D eigenvalue weighted by atomic mass is 79.9. The lowest BCUT2D eigenvalue weighted by Crippen LogP contribution is -2.12. The minimum Gasteiger partial charge on any atom is -0.388 e. The molecule has 0 amide bonds. The van der Waals surface area contributed by atoms with Gasteiger partial charge in [-0.2, -0.15) is 0 Å². The lowest BCUT2D eigenvalue weighted by atomic mass is 9.95. The molecule has 1 N–H and O–H groups in total. The van der Waals surface area contributed by atoms with Crippen molar-refractivity contribution in [1.82, 2.24) is 0 Å². The van der Waals surface area contributed by atoms with E-state index in [-0.39, 0.29) is 12.0 Å². The van der Waals surface area contributed by atoms with E-state index in [0.717, 1.165) is 23.1 Å². The summed E-state index contributed by atoms with van der Waals surface area (Å²) in [4.78, 5) is 0. The van der Waals surface area contributed by atoms with E-state index in [0.29, 0.717) is 6.61 Å². The van der Waals surface area contributed by atoms with Gasteiger partial charge < -0.3 is 9.84 Å². The molecule has 2 nitrogen and oxygen atoms in total. The summed E-state index contributed by atoms with van der Waals surface area (Å²) in [6.45, 7) is 1.45. The topological polar surface area (TPSA) is 29.5 Å². The van der Waals surface area contributed by atoms with Crippen LogP contribution in [-0.2, 0) is 4.74 Å². The van der Waals surface area contributed by atoms with E-state index >= 15 is 0 Å². The van der Waals surface area contributed by atoms with Crippen LogP contribution < -0.4 is 0 Å². The van der Waals surface area contributed by atoms with Crippen molar-refractivity contribution in [3.63, 3.8) is 0 Å². The zero-order chi connectivity index (χ0) is 9.97. The maximum absolute atomic E-state index is 10.0. The van der Waals surface area contributed by atoms with Gasteiger partial charge in [0, 0.05) is 17.0 Å². The summed E-state index contributed by atoms with van der Waals surface area (Å²) >= 11 is 3.37. The van der Waals surface area contributed by atoms with E-state index < -0.39 is 0 Å². The van der Waals surface area contributed by atoms with E-state index in [2.05, 4.69) is 15.9 Å². The zero-order valence-corrected chi connectivity index (χ0v) is 9.40. The molecule has 2 rings (SSSR count). The van der Waals surface area contributed by atoms with Gasteiger partial charge >= 0.3 is 0 Å². The molecule has 1 heterocycles. The van der Waals surface area contributed by atoms with Crippen LogP contribution in [0.1, 0.15) is 18.1 Å². The SMILES string of the molecule is OC(c1ccc(Br)cc1)C1CCOC1. The lowest BCUT2D eigenvalue weighted by molar-refractivity contribution is 0.0918. The molecule has 2 unspecified atom stereocenters. The van der Waals surface area contributed by atoms with Crippen molar-refractivity contribution in [3.05, 3.63) is 34.3 Å². The van der Waals surface area contributed by atoms with Crippen molar-refractivity contribution >= 4 is 15.9 Å². The van der Waals surface area contributed by atoms with Gasteiger partial charge in [0.2, 0.25) is 0 Å². The first-order valence-electron chi connectivity index (χ1n) is 4.78. The molecular formula is C11H13BrO2. The third-order valence-electron chi connectivity index (χ3n) is 2.62. The standard InChI is InChI=1S/C11H13BrO2/c12-10-3-1-8(2-4-10)11(13)9-5-6-14-7-9/h1-4,9,11,13H,5-7H2. The summed E-state index contributed by atoms with van der Waals surface area (Å²) in [5.41, 5.74) is 0.976. The first-order chi connectivity index (χ1) is 6.77. The Morgan fingerprint density at radius 3 is 2.64 bits per heavy atom. The third kappa shape index (κ3) is 2.16. The Kier molecular flexibility index (Phi) is 3.21. The molecule has 1 saturated heterocycles. The fourth-order valence-corrected chi connectivity index (χ4v) is 2.00. The summed E-state index contributed by atoms with van der Waals surface area (Å²) in [6.07, 6.45) is 0.572. The van der Waals surface area contributed by atoms with E-state index in [1.54, 1.807) is 0 Å². The summed E-state index contributed by atoms with van der Waals surface area (Å²) in [6, 6.07) is 7.81. The molecule has 1 fully saturated rings. The Hall–Kier alpha value is -0.380. The second-order valence-electron chi connectivity index (χ2n) is 3.62. The molecule has 14 heavy (non-hydrogen) atoms. The first kappa shape index (κ1) is 10.1. The Labute approximate surface area is 92.0 Å². The second kappa shape index (κ2) is 4.43. The third-order valence-corrected chi connectivity index (χ3v) is 3.15. The van der Waals surface area contributed by atoms with Crippen LogP contribution in [0.25, 0.3) is 0 Å². The van der Waals surface area contributed by atoms with Crippen molar-refractivity contribution in [2.24, 2.45) is 5.92 Å². The van der Waals surface area contributed by atoms with Gasteiger partial charge in [-0.25, -0.2) is 0 Å². The minimum absolute atomic E-state index is 0.260. The molecule has 76 valence electrons. The summed E-state index contributed by atoms with van der Waals surface area (Å²) < 4.78 is 6.29. The molecule has 2 atom stereocenters. The number of aliphatic hydroxyl groups excluding tert-OH is 1. The molecule has 0 aromatic heterocycles. The Morgan fingerprint density at radius 1 is 1.36 bits per heavy atom. The molecule has 0 saturated carbocycles. The number of halogens is 1. The molecule has 1 aliphatic heterocycles. The number of hydrogen-bond acceptors (Lipinski definition) is 2. The first-order valence-corrected chi connectivity index (χ1v) is 5.58. The van der Waals surface area contributed by atoms with Gasteiger partial charge in [0.05, 0.1) is 12.7 Å². The van der Waals surface area contributed by atoms with E-state index in [4.69, 9.17) is 4.74 Å². The molecule has 3 heteroatoms. The van der Waals surface area contributed by atoms with Crippen LogP contribution in [0, 0.1) is 5.92 Å². The van der Waals surface area contributed by atoms with Crippen molar-refractivity contribution < 1.29 is 9.84 Å². The number of benzene rings is 1. The molecule has 0 spiro atoms. The highest BCUT2D eigenvalue weighted by molar-refractivity contribution is 9.10. The second-order valence-corrected chi connectivity index (χ2v) is 4.54. The van der Waals surface area contributed by atoms with Gasteiger partial charge in [0.25, 0.3) is 0 Å². The number of ether oxygens (including phenoxy) is 1. The van der Waals surface area contributed by atoms with Crippen LogP contribution in [0.3, 0.4) is 0 Å². The summed E-state index contributed by atoms with van der Waals surface area (Å²) in [5.74, 6) is 0.260. The quantitative estimate of drug-likeness (QED) is 0.882. The fraction of sp³-hybridized carbons (Fsp3) is 0.455. The fourth-order valence-electron chi connectivity index (χ4n) is 1.73. The molecule has 1 aromatic carbocycles. The number of aliphatic hydroxyl groups is 1. The molecule has 1 aromatic rings. The monoisotopic (exact) mass is 256 g/mol. The highest BCUT2D eigenvalue weighted by Gasteiger charge is 2.24. The van der Waals surface area contributed by atoms with Gasteiger partial charge in [-0.05, 0) is 24.1 Å². The van der Waals surface area contributed by atoms with E-state index in [9.17, 15) is 5.11 Å². The van der Waals surface area contributed by atoms with Gasteiger partial charge in [-0.1, -0.05) is 28.1 Å². The zero-order valence-electron chi connectivity index (χ0n) is 7.82. The molecular weight excluding hydrogens is 244 g/mol. The lowest BCUT2D eigenvalue weighted by Gasteiger charge is -2.16. The predicted molar refractivity (Wildman–Crippen MR) is 58.0 cm³/mol. The number of hydrogen-bond donors (Lipinski definition) is 1. The summed E-state index contributed by atoms with van der Waals surface area (Å²) in [5, 5.41) is 10.0. The molecule has 0 radical (unpaired) electrons. The number of rotatable bonds is 2. The maximum Gasteiger partial charge on any atom is 0.0841 e. The van der Waals surface area contributed by atoms with Crippen LogP contribution in [0.4, 0.5) is 0 Å². The average molecular weight is 257 g/mol. The van der Waals surface area contributed by atoms with Gasteiger partial charge in [0.1, 0.15) is 0 Å². The van der Waals surface area contributed by atoms with Crippen molar-refractivity contribution in [2.75, 3.05) is 13.2 Å². The van der Waals surface area contributed by atoms with Crippen LogP contribution in [0.5, 0.6) is 0 Å². The van der Waals surface area contributed by atoms with Gasteiger partial charge in [-0.15, -0.1) is 0 Å². The Balaban J connectivity index is 2.09. The van der Waals surface area contributed by atoms with Crippen molar-refractivity contribution in [1.29, 1.82) is 0 Å². The predicted octanol–water partition coefficient (Wildman–Crippen LogP) is 2.52. The average Bonchev–Trinajstić information content (AvgIpc) is 2.71. The van der Waals surface area contributed by atoms with E-state index in [1.807, 2.05) is 24.3 Å². The maximum atomic E-state index is 10.0. The summed E-state index contributed by atoms with van der Waals surface area (Å²) in [7, 11) is 0. The van der Waals surface area contributed by atoms with Gasteiger partial charge in [-0.3, -0.25) is 0 Å². The van der Waals surface area contributed by atoms with Crippen LogP contribution in [0.2, 0.25) is 0 Å². The molecule has 0 aliphatic carbocycles. The van der Waals surface area contributed by atoms with Crippen LogP contribution >= 0.6 is 15.9 Å². The molecule has 1 aliphatic rings. The van der Waals surface area contributed by atoms with Crippen LogP contribution in [0.15, 0.2) is 28.7 Å².